The van der Waals surface area contributed by atoms with Gasteiger partial charge in [0, 0.05) is 38.4 Å². The van der Waals surface area contributed by atoms with Crippen LogP contribution in [0.5, 0.6) is 0 Å². The second kappa shape index (κ2) is 5.40. The minimum Gasteiger partial charge on any atom is -0.338 e. The number of aromatic nitrogens is 2. The fourth-order valence-electron chi connectivity index (χ4n) is 1.28. The average molecular weight is 192 g/mol. The quantitative estimate of drug-likeness (QED) is 0.752. The maximum absolute atomic E-state index is 8.46. The van der Waals surface area contributed by atoms with Gasteiger partial charge in [-0.15, -0.1) is 0 Å². The standard InChI is InChI=1S/C10H16N4/c1-9(3-5-11)12-6-4-10-13-7-8-14(10)2/h7-9,12H,3-4,6H2,1-2H3. The van der Waals surface area contributed by atoms with Gasteiger partial charge < -0.3 is 9.88 Å². The van der Waals surface area contributed by atoms with E-state index in [1.54, 1.807) is 6.20 Å². The molecule has 1 atom stereocenters. The first-order chi connectivity index (χ1) is 6.74. The summed E-state index contributed by atoms with van der Waals surface area (Å²) in [4.78, 5) is 4.22. The lowest BCUT2D eigenvalue weighted by Crippen LogP contribution is -2.28. The first kappa shape index (κ1) is 10.7. The first-order valence-corrected chi connectivity index (χ1v) is 4.80. The number of hydrogen-bond donors (Lipinski definition) is 1. The summed E-state index contributed by atoms with van der Waals surface area (Å²) in [6.07, 6.45) is 5.20. The summed E-state index contributed by atoms with van der Waals surface area (Å²) in [5.41, 5.74) is 0. The molecule has 0 aromatic carbocycles. The van der Waals surface area contributed by atoms with E-state index in [2.05, 4.69) is 16.4 Å². The van der Waals surface area contributed by atoms with E-state index in [1.165, 1.54) is 0 Å². The summed E-state index contributed by atoms with van der Waals surface area (Å²) in [6.45, 7) is 2.88. The van der Waals surface area contributed by atoms with Gasteiger partial charge in [0.15, 0.2) is 0 Å². The molecule has 76 valence electrons. The molecule has 0 amide bonds. The van der Waals surface area contributed by atoms with Crippen molar-refractivity contribution in [3.63, 3.8) is 0 Å². The number of nitrogens with zero attached hydrogens (tertiary/aromatic N) is 3. The zero-order valence-electron chi connectivity index (χ0n) is 8.70. The van der Waals surface area contributed by atoms with Crippen LogP contribution in [-0.4, -0.2) is 22.1 Å². The largest absolute Gasteiger partial charge is 0.338 e. The lowest BCUT2D eigenvalue weighted by Gasteiger charge is -2.09. The predicted molar refractivity (Wildman–Crippen MR) is 54.6 cm³/mol. The van der Waals surface area contributed by atoms with Crippen molar-refractivity contribution < 1.29 is 0 Å². The SMILES string of the molecule is CC(CC#N)NCCc1nccn1C. The van der Waals surface area contributed by atoms with Crippen LogP contribution in [0.3, 0.4) is 0 Å². The number of hydrogen-bond acceptors (Lipinski definition) is 3. The fourth-order valence-corrected chi connectivity index (χ4v) is 1.28. The van der Waals surface area contributed by atoms with Crippen molar-refractivity contribution in [1.82, 2.24) is 14.9 Å². The normalized spacial score (nSPS) is 12.4. The van der Waals surface area contributed by atoms with Crippen LogP contribution >= 0.6 is 0 Å². The van der Waals surface area contributed by atoms with Gasteiger partial charge in [0.05, 0.1) is 12.5 Å². The van der Waals surface area contributed by atoms with Crippen LogP contribution < -0.4 is 5.32 Å². The molecule has 0 aliphatic heterocycles. The third kappa shape index (κ3) is 3.19. The van der Waals surface area contributed by atoms with Crippen molar-refractivity contribution in [3.05, 3.63) is 18.2 Å². The van der Waals surface area contributed by atoms with Crippen molar-refractivity contribution in [2.75, 3.05) is 6.54 Å². The maximum Gasteiger partial charge on any atom is 0.109 e. The van der Waals surface area contributed by atoms with Crippen LogP contribution in [-0.2, 0) is 13.5 Å². The van der Waals surface area contributed by atoms with Crippen LogP contribution in [0.15, 0.2) is 12.4 Å². The molecule has 1 aromatic rings. The molecular formula is C10H16N4. The highest BCUT2D eigenvalue weighted by atomic mass is 15.0. The van der Waals surface area contributed by atoms with Gasteiger partial charge in [0.1, 0.15) is 5.82 Å². The summed E-state index contributed by atoms with van der Waals surface area (Å²) >= 11 is 0. The lowest BCUT2D eigenvalue weighted by atomic mass is 10.2. The summed E-state index contributed by atoms with van der Waals surface area (Å²) in [6, 6.07) is 2.40. The zero-order chi connectivity index (χ0) is 10.4. The van der Waals surface area contributed by atoms with Crippen LogP contribution in [0.25, 0.3) is 0 Å². The summed E-state index contributed by atoms with van der Waals surface area (Å²) < 4.78 is 2.01. The molecule has 0 spiro atoms. The van der Waals surface area contributed by atoms with E-state index in [4.69, 9.17) is 5.26 Å². The van der Waals surface area contributed by atoms with Crippen LogP contribution in [0, 0.1) is 11.3 Å². The Hall–Kier alpha value is -1.34. The van der Waals surface area contributed by atoms with Crippen molar-refractivity contribution >= 4 is 0 Å². The molecule has 0 bridgehead atoms. The highest BCUT2D eigenvalue weighted by Gasteiger charge is 2.01. The van der Waals surface area contributed by atoms with Crippen molar-refractivity contribution in [3.8, 4) is 6.07 Å². The molecule has 0 radical (unpaired) electrons. The van der Waals surface area contributed by atoms with E-state index in [-0.39, 0.29) is 6.04 Å². The highest BCUT2D eigenvalue weighted by Crippen LogP contribution is 1.95. The van der Waals surface area contributed by atoms with Gasteiger partial charge in [-0.2, -0.15) is 5.26 Å². The number of rotatable bonds is 5. The predicted octanol–water partition coefficient (Wildman–Crippen LogP) is 0.854. The molecule has 1 unspecified atom stereocenters. The second-order valence-electron chi connectivity index (χ2n) is 3.42. The smallest absolute Gasteiger partial charge is 0.109 e. The van der Waals surface area contributed by atoms with Crippen molar-refractivity contribution in [2.24, 2.45) is 7.05 Å². The van der Waals surface area contributed by atoms with Crippen molar-refractivity contribution in [1.29, 1.82) is 5.26 Å². The van der Waals surface area contributed by atoms with Gasteiger partial charge in [0.25, 0.3) is 0 Å². The molecule has 14 heavy (non-hydrogen) atoms. The number of aryl methyl sites for hydroxylation is 1. The molecule has 0 aliphatic carbocycles. The molecule has 1 aromatic heterocycles. The maximum atomic E-state index is 8.46. The molecule has 1 heterocycles. The highest BCUT2D eigenvalue weighted by molar-refractivity contribution is 4.91. The molecule has 0 saturated carbocycles. The van der Waals surface area contributed by atoms with Crippen molar-refractivity contribution in [2.45, 2.75) is 25.8 Å². The topological polar surface area (TPSA) is 53.6 Å². The zero-order valence-corrected chi connectivity index (χ0v) is 8.70. The van der Waals surface area contributed by atoms with Gasteiger partial charge in [-0.3, -0.25) is 0 Å². The Balaban J connectivity index is 2.23. The number of imidazole rings is 1. The fraction of sp³-hybridized carbons (Fsp3) is 0.600. The lowest BCUT2D eigenvalue weighted by molar-refractivity contribution is 0.550. The van der Waals surface area contributed by atoms with E-state index >= 15 is 0 Å². The Kier molecular flexibility index (Phi) is 4.14. The Morgan fingerprint density at radius 2 is 2.50 bits per heavy atom. The summed E-state index contributed by atoms with van der Waals surface area (Å²) in [5, 5.41) is 11.7. The molecule has 4 heteroatoms. The van der Waals surface area contributed by atoms with Crippen LogP contribution in [0.4, 0.5) is 0 Å². The number of nitrogens with one attached hydrogen (secondary N) is 1. The van der Waals surface area contributed by atoms with E-state index in [1.807, 2.05) is 24.7 Å². The van der Waals surface area contributed by atoms with E-state index in [9.17, 15) is 0 Å². The molecule has 1 rings (SSSR count). The van der Waals surface area contributed by atoms with Gasteiger partial charge in [0.2, 0.25) is 0 Å². The first-order valence-electron chi connectivity index (χ1n) is 4.80. The van der Waals surface area contributed by atoms with E-state index in [0.717, 1.165) is 18.8 Å². The molecule has 0 fully saturated rings. The summed E-state index contributed by atoms with van der Waals surface area (Å²) in [5.74, 6) is 1.07. The molecular weight excluding hydrogens is 176 g/mol. The Labute approximate surface area is 84.6 Å². The Morgan fingerprint density at radius 1 is 1.71 bits per heavy atom. The van der Waals surface area contributed by atoms with Crippen LogP contribution in [0.2, 0.25) is 0 Å². The van der Waals surface area contributed by atoms with Gasteiger partial charge >= 0.3 is 0 Å². The van der Waals surface area contributed by atoms with Gasteiger partial charge in [-0.25, -0.2) is 4.98 Å². The number of nitriles is 1. The minimum absolute atomic E-state index is 0.264. The third-order valence-electron chi connectivity index (χ3n) is 2.16. The van der Waals surface area contributed by atoms with E-state index in [0.29, 0.717) is 6.42 Å². The minimum atomic E-state index is 0.264. The average Bonchev–Trinajstić information content (AvgIpc) is 2.52. The molecule has 0 aliphatic rings. The Bertz CT molecular complexity index is 310. The molecule has 0 saturated heterocycles. The monoisotopic (exact) mass is 192 g/mol. The van der Waals surface area contributed by atoms with Crippen LogP contribution in [0.1, 0.15) is 19.2 Å². The Morgan fingerprint density at radius 3 is 3.07 bits per heavy atom. The van der Waals surface area contributed by atoms with E-state index < -0.39 is 0 Å². The third-order valence-corrected chi connectivity index (χ3v) is 2.16. The van der Waals surface area contributed by atoms with Gasteiger partial charge in [-0.05, 0) is 6.92 Å². The molecule has 1 N–H and O–H groups in total. The van der Waals surface area contributed by atoms with Gasteiger partial charge in [-0.1, -0.05) is 0 Å². The molecule has 4 nitrogen and oxygen atoms in total. The summed E-state index contributed by atoms with van der Waals surface area (Å²) in [7, 11) is 1.99. The second-order valence-corrected chi connectivity index (χ2v) is 3.42.